The number of aryl methyl sites for hydroxylation is 1. The number of amides is 1. The Hall–Kier alpha value is -2.36. The van der Waals surface area contributed by atoms with E-state index < -0.39 is 5.82 Å². The zero-order valence-corrected chi connectivity index (χ0v) is 9.91. The van der Waals surface area contributed by atoms with Gasteiger partial charge in [0.2, 0.25) is 0 Å². The van der Waals surface area contributed by atoms with Gasteiger partial charge >= 0.3 is 0 Å². The van der Waals surface area contributed by atoms with Gasteiger partial charge in [-0.15, -0.1) is 0 Å². The zero-order chi connectivity index (χ0) is 13.1. The van der Waals surface area contributed by atoms with E-state index in [1.54, 1.807) is 43.3 Å². The number of nitrogens with two attached hydrogens (primary N) is 1. The average Bonchev–Trinajstić information content (AvgIpc) is 2.35. The van der Waals surface area contributed by atoms with Crippen LogP contribution in [0, 0.1) is 12.7 Å². The smallest absolute Gasteiger partial charge is 0.255 e. The molecule has 3 N–H and O–H groups in total. The van der Waals surface area contributed by atoms with Crippen LogP contribution in [0.15, 0.2) is 42.5 Å². The second-order valence-corrected chi connectivity index (χ2v) is 4.02. The number of hydrogen-bond donors (Lipinski definition) is 2. The number of carbonyl (C=O) groups excluding carboxylic acids is 1. The maximum Gasteiger partial charge on any atom is 0.255 e. The van der Waals surface area contributed by atoms with Crippen LogP contribution in [-0.4, -0.2) is 5.91 Å². The molecule has 0 aliphatic rings. The molecule has 0 aliphatic carbocycles. The number of nitrogen functional groups attached to an aromatic ring is 1. The summed E-state index contributed by atoms with van der Waals surface area (Å²) in [4.78, 5) is 11.9. The molecule has 0 unspecified atom stereocenters. The van der Waals surface area contributed by atoms with E-state index in [0.717, 1.165) is 0 Å². The third-order valence-electron chi connectivity index (χ3n) is 2.59. The first-order valence-corrected chi connectivity index (χ1v) is 5.50. The van der Waals surface area contributed by atoms with Gasteiger partial charge in [0, 0.05) is 11.3 Å². The summed E-state index contributed by atoms with van der Waals surface area (Å²) in [5.74, 6) is -0.804. The predicted octanol–water partition coefficient (Wildman–Crippen LogP) is 2.97. The van der Waals surface area contributed by atoms with Crippen molar-refractivity contribution in [3.05, 3.63) is 59.4 Å². The fraction of sp³-hybridized carbons (Fsp3) is 0.0714. The van der Waals surface area contributed by atoms with Crippen molar-refractivity contribution in [3.8, 4) is 0 Å². The molecule has 0 fully saturated rings. The quantitative estimate of drug-likeness (QED) is 0.798. The molecule has 0 aliphatic heterocycles. The molecule has 4 heteroatoms. The molecule has 92 valence electrons. The van der Waals surface area contributed by atoms with Crippen LogP contribution in [-0.2, 0) is 0 Å². The second kappa shape index (κ2) is 4.87. The van der Waals surface area contributed by atoms with Gasteiger partial charge in [-0.2, -0.15) is 0 Å². The van der Waals surface area contributed by atoms with Crippen LogP contribution in [0.4, 0.5) is 15.8 Å². The molecule has 0 spiro atoms. The first kappa shape index (κ1) is 12.1. The van der Waals surface area contributed by atoms with E-state index in [2.05, 4.69) is 5.32 Å². The number of halogens is 1. The molecule has 0 heterocycles. The monoisotopic (exact) mass is 244 g/mol. The zero-order valence-electron chi connectivity index (χ0n) is 9.91. The minimum Gasteiger partial charge on any atom is -0.399 e. The first-order valence-electron chi connectivity index (χ1n) is 5.50. The number of benzene rings is 2. The van der Waals surface area contributed by atoms with Crippen LogP contribution in [0.1, 0.15) is 15.9 Å². The van der Waals surface area contributed by atoms with Crippen molar-refractivity contribution in [1.82, 2.24) is 0 Å². The summed E-state index contributed by atoms with van der Waals surface area (Å²) < 4.78 is 13.7. The fourth-order valence-electron chi connectivity index (χ4n) is 1.62. The van der Waals surface area contributed by atoms with Gasteiger partial charge in [0.25, 0.3) is 5.91 Å². The van der Waals surface area contributed by atoms with E-state index >= 15 is 0 Å². The fourth-order valence-corrected chi connectivity index (χ4v) is 1.62. The Balaban J connectivity index is 2.24. The number of carbonyl (C=O) groups is 1. The minimum atomic E-state index is -0.422. The lowest BCUT2D eigenvalue weighted by Gasteiger charge is -2.08. The Bertz CT molecular complexity index is 596. The maximum absolute atomic E-state index is 13.7. The summed E-state index contributed by atoms with van der Waals surface area (Å²) in [5.41, 5.74) is 7.14. The van der Waals surface area contributed by atoms with E-state index in [0.29, 0.717) is 16.8 Å². The van der Waals surface area contributed by atoms with Gasteiger partial charge in [-0.05, 0) is 36.8 Å². The highest BCUT2D eigenvalue weighted by Gasteiger charge is 2.10. The number of hydrogen-bond acceptors (Lipinski definition) is 2. The van der Waals surface area contributed by atoms with Gasteiger partial charge in [-0.3, -0.25) is 4.79 Å². The van der Waals surface area contributed by atoms with Crippen molar-refractivity contribution in [2.45, 2.75) is 6.92 Å². The Kier molecular flexibility index (Phi) is 3.28. The van der Waals surface area contributed by atoms with Gasteiger partial charge in [-0.1, -0.05) is 18.2 Å². The molecule has 0 atom stereocenters. The van der Waals surface area contributed by atoms with Crippen molar-refractivity contribution < 1.29 is 9.18 Å². The van der Waals surface area contributed by atoms with E-state index in [4.69, 9.17) is 5.73 Å². The molecular weight excluding hydrogens is 231 g/mol. The van der Waals surface area contributed by atoms with E-state index in [1.807, 2.05) is 0 Å². The van der Waals surface area contributed by atoms with Crippen molar-refractivity contribution >= 4 is 17.3 Å². The molecular formula is C14H13FN2O. The van der Waals surface area contributed by atoms with Gasteiger partial charge < -0.3 is 11.1 Å². The van der Waals surface area contributed by atoms with Crippen LogP contribution >= 0.6 is 0 Å². The molecule has 1 amide bonds. The third kappa shape index (κ3) is 2.48. The van der Waals surface area contributed by atoms with Crippen LogP contribution in [0.2, 0.25) is 0 Å². The molecule has 0 aromatic heterocycles. The summed E-state index contributed by atoms with van der Waals surface area (Å²) in [6, 6.07) is 11.4. The summed E-state index contributed by atoms with van der Waals surface area (Å²) in [7, 11) is 0. The molecule has 0 radical (unpaired) electrons. The van der Waals surface area contributed by atoms with E-state index in [-0.39, 0.29) is 11.6 Å². The van der Waals surface area contributed by atoms with Crippen molar-refractivity contribution in [2.75, 3.05) is 11.1 Å². The molecule has 0 bridgehead atoms. The highest BCUT2D eigenvalue weighted by Crippen LogP contribution is 2.18. The van der Waals surface area contributed by atoms with Crippen molar-refractivity contribution in [2.24, 2.45) is 0 Å². The van der Waals surface area contributed by atoms with Crippen molar-refractivity contribution in [1.29, 1.82) is 0 Å². The first-order chi connectivity index (χ1) is 8.58. The van der Waals surface area contributed by atoms with Crippen LogP contribution in [0.3, 0.4) is 0 Å². The minimum absolute atomic E-state index is 0.169. The normalized spacial score (nSPS) is 10.1. The maximum atomic E-state index is 13.7. The Morgan fingerprint density at radius 3 is 2.67 bits per heavy atom. The van der Waals surface area contributed by atoms with Crippen LogP contribution in [0.5, 0.6) is 0 Å². The van der Waals surface area contributed by atoms with Crippen LogP contribution in [0.25, 0.3) is 0 Å². The molecule has 2 aromatic rings. The Morgan fingerprint density at radius 1 is 1.22 bits per heavy atom. The molecule has 0 saturated heterocycles. The molecule has 3 nitrogen and oxygen atoms in total. The van der Waals surface area contributed by atoms with Gasteiger partial charge in [0.05, 0.1) is 5.69 Å². The predicted molar refractivity (Wildman–Crippen MR) is 69.9 cm³/mol. The second-order valence-electron chi connectivity index (χ2n) is 4.02. The Morgan fingerprint density at radius 2 is 1.94 bits per heavy atom. The summed E-state index contributed by atoms with van der Waals surface area (Å²) in [5, 5.41) is 2.53. The number of nitrogens with one attached hydrogen (secondary N) is 1. The van der Waals surface area contributed by atoms with E-state index in [9.17, 15) is 9.18 Å². The summed E-state index contributed by atoms with van der Waals surface area (Å²) >= 11 is 0. The third-order valence-corrected chi connectivity index (χ3v) is 2.59. The number of anilines is 2. The average molecular weight is 244 g/mol. The standard InChI is InChI=1S/C14H13FN2O/c1-9-4-2-7-12(13(9)15)17-14(18)10-5-3-6-11(16)8-10/h2-8H,16H2,1H3,(H,17,18). The lowest BCUT2D eigenvalue weighted by atomic mass is 10.1. The molecule has 0 saturated carbocycles. The topological polar surface area (TPSA) is 55.1 Å². The SMILES string of the molecule is Cc1cccc(NC(=O)c2cccc(N)c2)c1F. The molecule has 2 aromatic carbocycles. The van der Waals surface area contributed by atoms with Gasteiger partial charge in [0.15, 0.2) is 0 Å². The summed E-state index contributed by atoms with van der Waals surface area (Å²) in [6.07, 6.45) is 0. The van der Waals surface area contributed by atoms with Gasteiger partial charge in [-0.25, -0.2) is 4.39 Å². The highest BCUT2D eigenvalue weighted by molar-refractivity contribution is 6.04. The largest absolute Gasteiger partial charge is 0.399 e. The lowest BCUT2D eigenvalue weighted by Crippen LogP contribution is -2.13. The van der Waals surface area contributed by atoms with Crippen molar-refractivity contribution in [3.63, 3.8) is 0 Å². The lowest BCUT2D eigenvalue weighted by molar-refractivity contribution is 0.102. The molecule has 18 heavy (non-hydrogen) atoms. The van der Waals surface area contributed by atoms with E-state index in [1.165, 1.54) is 6.07 Å². The Labute approximate surface area is 104 Å². The van der Waals surface area contributed by atoms with Crippen LogP contribution < -0.4 is 11.1 Å². The molecule has 2 rings (SSSR count). The number of rotatable bonds is 2. The highest BCUT2D eigenvalue weighted by atomic mass is 19.1. The van der Waals surface area contributed by atoms with Gasteiger partial charge in [0.1, 0.15) is 5.82 Å². The summed E-state index contributed by atoms with van der Waals surface area (Å²) in [6.45, 7) is 1.64.